The lowest BCUT2D eigenvalue weighted by atomic mass is 10.00. The second kappa shape index (κ2) is 3.95. The van der Waals surface area contributed by atoms with E-state index in [0.717, 1.165) is 6.54 Å². The van der Waals surface area contributed by atoms with Crippen LogP contribution in [0.3, 0.4) is 0 Å². The van der Waals surface area contributed by atoms with Gasteiger partial charge < -0.3 is 5.32 Å². The number of thioether (sulfide) groups is 1. The molecule has 0 aromatic heterocycles. The minimum Gasteiger partial charge on any atom is -0.309 e. The van der Waals surface area contributed by atoms with Crippen molar-refractivity contribution >= 4 is 11.8 Å². The van der Waals surface area contributed by atoms with Gasteiger partial charge >= 0.3 is 0 Å². The lowest BCUT2D eigenvalue weighted by Crippen LogP contribution is -2.21. The van der Waals surface area contributed by atoms with E-state index in [-0.39, 0.29) is 0 Å². The van der Waals surface area contributed by atoms with Gasteiger partial charge in [0, 0.05) is 16.7 Å². The Hall–Kier alpha value is -0.470. The highest BCUT2D eigenvalue weighted by atomic mass is 32.2. The van der Waals surface area contributed by atoms with E-state index in [9.17, 15) is 0 Å². The maximum absolute atomic E-state index is 3.55. The van der Waals surface area contributed by atoms with Crippen LogP contribution in [0.25, 0.3) is 0 Å². The molecule has 1 aliphatic heterocycles. The van der Waals surface area contributed by atoms with Crippen LogP contribution < -0.4 is 5.32 Å². The first-order valence-electron chi connectivity index (χ1n) is 5.20. The number of rotatable bonds is 2. The second-order valence-corrected chi connectivity index (χ2v) is 4.89. The predicted octanol–water partition coefficient (Wildman–Crippen LogP) is 3.06. The molecule has 0 bridgehead atoms. The zero-order chi connectivity index (χ0) is 10.1. The summed E-state index contributed by atoms with van der Waals surface area (Å²) in [5.41, 5.74) is 4.40. The van der Waals surface area contributed by atoms with Gasteiger partial charge in [0.05, 0.1) is 0 Å². The van der Waals surface area contributed by atoms with Crippen molar-refractivity contribution in [2.45, 2.75) is 31.7 Å². The number of fused-ring (bicyclic) bond motifs is 1. The first kappa shape index (κ1) is 10.1. The summed E-state index contributed by atoms with van der Waals surface area (Å²) >= 11 is 1.99. The number of hydrogen-bond donors (Lipinski definition) is 1. The van der Waals surface area contributed by atoms with Gasteiger partial charge in [-0.15, -0.1) is 11.8 Å². The van der Waals surface area contributed by atoms with Gasteiger partial charge in [-0.1, -0.05) is 19.1 Å². The Bertz CT molecular complexity index is 346. The molecule has 0 saturated carbocycles. The fourth-order valence-corrected chi connectivity index (χ4v) is 3.46. The first-order chi connectivity index (χ1) is 6.74. The number of benzene rings is 1. The van der Waals surface area contributed by atoms with Gasteiger partial charge in [-0.05, 0) is 37.1 Å². The standard InChI is InChI=1S/C12H17NS/c1-4-13-10-7-14-12-9(3)6-5-8(2)11(10)12/h5-6,10,13H,4,7H2,1-3H3. The minimum atomic E-state index is 0.569. The topological polar surface area (TPSA) is 12.0 Å². The molecule has 0 saturated heterocycles. The van der Waals surface area contributed by atoms with Gasteiger partial charge in [0.15, 0.2) is 0 Å². The van der Waals surface area contributed by atoms with Crippen molar-refractivity contribution in [2.75, 3.05) is 12.3 Å². The summed E-state index contributed by atoms with van der Waals surface area (Å²) in [6, 6.07) is 5.04. The number of aryl methyl sites for hydroxylation is 2. The first-order valence-corrected chi connectivity index (χ1v) is 6.19. The molecule has 0 aliphatic carbocycles. The molecule has 1 heterocycles. The Morgan fingerprint density at radius 1 is 1.36 bits per heavy atom. The smallest absolute Gasteiger partial charge is 0.0429 e. The van der Waals surface area contributed by atoms with Crippen LogP contribution in [0.4, 0.5) is 0 Å². The Morgan fingerprint density at radius 3 is 2.79 bits per heavy atom. The average molecular weight is 207 g/mol. The van der Waals surface area contributed by atoms with E-state index in [1.54, 1.807) is 0 Å². The molecule has 76 valence electrons. The number of nitrogens with one attached hydrogen (secondary N) is 1. The average Bonchev–Trinajstić information content (AvgIpc) is 2.58. The molecule has 1 N–H and O–H groups in total. The Morgan fingerprint density at radius 2 is 2.07 bits per heavy atom. The molecular weight excluding hydrogens is 190 g/mol. The highest BCUT2D eigenvalue weighted by Crippen LogP contribution is 2.41. The summed E-state index contributed by atoms with van der Waals surface area (Å²) < 4.78 is 0. The largest absolute Gasteiger partial charge is 0.309 e. The van der Waals surface area contributed by atoms with Crippen LogP contribution in [-0.4, -0.2) is 12.3 Å². The van der Waals surface area contributed by atoms with E-state index in [1.807, 2.05) is 11.8 Å². The van der Waals surface area contributed by atoms with Crippen molar-refractivity contribution < 1.29 is 0 Å². The lowest BCUT2D eigenvalue weighted by molar-refractivity contribution is 0.604. The van der Waals surface area contributed by atoms with Crippen LogP contribution >= 0.6 is 11.8 Å². The maximum atomic E-state index is 3.55. The van der Waals surface area contributed by atoms with Crippen molar-refractivity contribution in [3.63, 3.8) is 0 Å². The lowest BCUT2D eigenvalue weighted by Gasteiger charge is -2.14. The van der Waals surface area contributed by atoms with E-state index >= 15 is 0 Å². The maximum Gasteiger partial charge on any atom is 0.0429 e. The minimum absolute atomic E-state index is 0.569. The summed E-state index contributed by atoms with van der Waals surface area (Å²) in [6.45, 7) is 7.65. The van der Waals surface area contributed by atoms with Crippen molar-refractivity contribution in [3.8, 4) is 0 Å². The monoisotopic (exact) mass is 207 g/mol. The van der Waals surface area contributed by atoms with Crippen LogP contribution in [0.5, 0.6) is 0 Å². The normalized spacial score (nSPS) is 19.8. The summed E-state index contributed by atoms with van der Waals surface area (Å²) in [5.74, 6) is 1.19. The third-order valence-electron chi connectivity index (χ3n) is 2.80. The van der Waals surface area contributed by atoms with E-state index in [0.29, 0.717) is 6.04 Å². The van der Waals surface area contributed by atoms with Gasteiger partial charge in [0.25, 0.3) is 0 Å². The highest BCUT2D eigenvalue weighted by molar-refractivity contribution is 7.99. The quantitative estimate of drug-likeness (QED) is 0.800. The molecular formula is C12H17NS. The van der Waals surface area contributed by atoms with Gasteiger partial charge in [0.2, 0.25) is 0 Å². The fraction of sp³-hybridized carbons (Fsp3) is 0.500. The van der Waals surface area contributed by atoms with Gasteiger partial charge in [0.1, 0.15) is 0 Å². The van der Waals surface area contributed by atoms with Crippen LogP contribution in [0.2, 0.25) is 0 Å². The molecule has 0 radical (unpaired) electrons. The molecule has 14 heavy (non-hydrogen) atoms. The third kappa shape index (κ3) is 1.57. The highest BCUT2D eigenvalue weighted by Gasteiger charge is 2.25. The van der Waals surface area contributed by atoms with Crippen LogP contribution in [0.15, 0.2) is 17.0 Å². The van der Waals surface area contributed by atoms with Crippen LogP contribution in [0.1, 0.15) is 29.7 Å². The molecule has 1 nitrogen and oxygen atoms in total. The van der Waals surface area contributed by atoms with E-state index < -0.39 is 0 Å². The van der Waals surface area contributed by atoms with Crippen molar-refractivity contribution in [2.24, 2.45) is 0 Å². The zero-order valence-corrected chi connectivity index (χ0v) is 9.87. The summed E-state index contributed by atoms with van der Waals surface area (Å²) in [4.78, 5) is 1.51. The van der Waals surface area contributed by atoms with Gasteiger partial charge in [-0.25, -0.2) is 0 Å². The van der Waals surface area contributed by atoms with E-state index in [2.05, 4.69) is 38.2 Å². The van der Waals surface area contributed by atoms with Crippen molar-refractivity contribution in [1.29, 1.82) is 0 Å². The molecule has 1 aliphatic rings. The van der Waals surface area contributed by atoms with Gasteiger partial charge in [-0.3, -0.25) is 0 Å². The third-order valence-corrected chi connectivity index (χ3v) is 4.13. The predicted molar refractivity (Wildman–Crippen MR) is 63.1 cm³/mol. The molecule has 2 heteroatoms. The molecule has 0 spiro atoms. The SMILES string of the molecule is CCNC1CSc2c(C)ccc(C)c21. The Balaban J connectivity index is 2.42. The molecule has 1 aromatic rings. The molecule has 0 amide bonds. The molecule has 1 atom stereocenters. The molecule has 0 fully saturated rings. The van der Waals surface area contributed by atoms with E-state index in [4.69, 9.17) is 0 Å². The Labute approximate surface area is 90.3 Å². The zero-order valence-electron chi connectivity index (χ0n) is 9.05. The summed E-state index contributed by atoms with van der Waals surface area (Å²) in [6.07, 6.45) is 0. The Kier molecular flexibility index (Phi) is 2.84. The van der Waals surface area contributed by atoms with Crippen molar-refractivity contribution in [1.82, 2.24) is 5.32 Å². The van der Waals surface area contributed by atoms with Crippen LogP contribution in [-0.2, 0) is 0 Å². The molecule has 1 unspecified atom stereocenters. The van der Waals surface area contributed by atoms with Gasteiger partial charge in [-0.2, -0.15) is 0 Å². The summed E-state index contributed by atoms with van der Waals surface area (Å²) in [5, 5.41) is 3.55. The second-order valence-electron chi connectivity index (χ2n) is 3.86. The molecule has 1 aromatic carbocycles. The van der Waals surface area contributed by atoms with Crippen LogP contribution in [0, 0.1) is 13.8 Å². The van der Waals surface area contributed by atoms with Crippen molar-refractivity contribution in [3.05, 3.63) is 28.8 Å². The molecule has 2 rings (SSSR count). The number of hydrogen-bond acceptors (Lipinski definition) is 2. The van der Waals surface area contributed by atoms with E-state index in [1.165, 1.54) is 27.3 Å². The summed E-state index contributed by atoms with van der Waals surface area (Å²) in [7, 11) is 0. The fourth-order valence-electron chi connectivity index (χ4n) is 2.09.